The Hall–Kier alpha value is -1.95. The number of hydrogen-bond acceptors (Lipinski definition) is 4. The topological polar surface area (TPSA) is 49.3 Å². The number of methoxy groups -OCH3 is 2. The molecule has 2 heterocycles. The molecular weight excluding hydrogens is 352 g/mol. The molecule has 1 saturated carbocycles. The maximum atomic E-state index is 5.48. The van der Waals surface area contributed by atoms with E-state index in [2.05, 4.69) is 32.2 Å². The van der Waals surface area contributed by atoms with Gasteiger partial charge in [-0.05, 0) is 54.4 Å². The second-order valence-electron chi connectivity index (χ2n) is 8.50. The predicted molar refractivity (Wildman–Crippen MR) is 112 cm³/mol. The van der Waals surface area contributed by atoms with Crippen molar-refractivity contribution in [1.82, 2.24) is 15.1 Å². The molecular formula is C22H34N4O2. The minimum absolute atomic E-state index is 0.605. The summed E-state index contributed by atoms with van der Waals surface area (Å²) in [5.74, 6) is 2.73. The van der Waals surface area contributed by atoms with Gasteiger partial charge in [0.15, 0.2) is 17.5 Å². The van der Waals surface area contributed by atoms with Gasteiger partial charge in [-0.2, -0.15) is 0 Å². The average molecular weight is 387 g/mol. The first-order valence-electron chi connectivity index (χ1n) is 10.6. The monoisotopic (exact) mass is 386 g/mol. The molecule has 6 heteroatoms. The zero-order chi connectivity index (χ0) is 19.6. The fourth-order valence-electron chi connectivity index (χ4n) is 4.99. The molecule has 1 spiro atoms. The summed E-state index contributed by atoms with van der Waals surface area (Å²) < 4.78 is 10.9. The lowest BCUT2D eigenvalue weighted by Crippen LogP contribution is -2.45. The SMILES string of the molecule is CN=C(NCCN1CCc2cc(OC)c(OC)cc2C1)N1CCC2(CCC2)C1. The van der Waals surface area contributed by atoms with E-state index in [1.54, 1.807) is 14.2 Å². The van der Waals surface area contributed by atoms with Crippen molar-refractivity contribution in [2.75, 3.05) is 54.0 Å². The van der Waals surface area contributed by atoms with Crippen LogP contribution in [0.2, 0.25) is 0 Å². The highest BCUT2D eigenvalue weighted by molar-refractivity contribution is 5.80. The summed E-state index contributed by atoms with van der Waals surface area (Å²) in [5, 5.41) is 3.60. The Labute approximate surface area is 168 Å². The van der Waals surface area contributed by atoms with Crippen LogP contribution in [0.4, 0.5) is 0 Å². The number of likely N-dealkylation sites (tertiary alicyclic amines) is 1. The van der Waals surface area contributed by atoms with Gasteiger partial charge in [0.2, 0.25) is 0 Å². The summed E-state index contributed by atoms with van der Waals surface area (Å²) in [7, 11) is 5.31. The molecule has 0 amide bonds. The number of rotatable bonds is 5. The molecule has 1 aromatic rings. The molecule has 1 N–H and O–H groups in total. The fraction of sp³-hybridized carbons (Fsp3) is 0.682. The van der Waals surface area contributed by atoms with Gasteiger partial charge < -0.3 is 19.7 Å². The van der Waals surface area contributed by atoms with E-state index in [0.29, 0.717) is 5.41 Å². The zero-order valence-electron chi connectivity index (χ0n) is 17.6. The van der Waals surface area contributed by atoms with Gasteiger partial charge in [0, 0.05) is 46.3 Å². The van der Waals surface area contributed by atoms with E-state index in [-0.39, 0.29) is 0 Å². The summed E-state index contributed by atoms with van der Waals surface area (Å²) in [6, 6.07) is 4.27. The Morgan fingerprint density at radius 3 is 2.46 bits per heavy atom. The normalized spacial score (nSPS) is 21.4. The first-order chi connectivity index (χ1) is 13.7. The molecule has 1 aliphatic carbocycles. The molecule has 0 radical (unpaired) electrons. The molecule has 2 fully saturated rings. The number of hydrogen-bond donors (Lipinski definition) is 1. The van der Waals surface area contributed by atoms with Gasteiger partial charge in [-0.3, -0.25) is 9.89 Å². The first-order valence-corrected chi connectivity index (χ1v) is 10.6. The number of benzene rings is 1. The number of aliphatic imine (C=N–C) groups is 1. The molecule has 0 bridgehead atoms. The predicted octanol–water partition coefficient (Wildman–Crippen LogP) is 2.51. The largest absolute Gasteiger partial charge is 0.493 e. The summed E-state index contributed by atoms with van der Waals surface area (Å²) in [4.78, 5) is 9.50. The van der Waals surface area contributed by atoms with Gasteiger partial charge in [0.05, 0.1) is 14.2 Å². The molecule has 0 atom stereocenters. The van der Waals surface area contributed by atoms with Gasteiger partial charge in [-0.25, -0.2) is 0 Å². The van der Waals surface area contributed by atoms with Crippen LogP contribution < -0.4 is 14.8 Å². The van der Waals surface area contributed by atoms with Crippen LogP contribution in [-0.2, 0) is 13.0 Å². The van der Waals surface area contributed by atoms with E-state index in [1.165, 1.54) is 43.4 Å². The van der Waals surface area contributed by atoms with Gasteiger partial charge >= 0.3 is 0 Å². The Balaban J connectivity index is 1.29. The second kappa shape index (κ2) is 8.19. The number of fused-ring (bicyclic) bond motifs is 1. The number of nitrogens with one attached hydrogen (secondary N) is 1. The van der Waals surface area contributed by atoms with Crippen molar-refractivity contribution in [3.05, 3.63) is 23.3 Å². The van der Waals surface area contributed by atoms with E-state index < -0.39 is 0 Å². The van der Waals surface area contributed by atoms with Gasteiger partial charge in [-0.15, -0.1) is 0 Å². The van der Waals surface area contributed by atoms with Gasteiger partial charge in [0.25, 0.3) is 0 Å². The third-order valence-electron chi connectivity index (χ3n) is 6.87. The summed E-state index contributed by atoms with van der Waals surface area (Å²) in [6.07, 6.45) is 6.61. The van der Waals surface area contributed by atoms with E-state index in [9.17, 15) is 0 Å². The molecule has 6 nitrogen and oxygen atoms in total. The molecule has 0 aromatic heterocycles. The molecule has 0 unspecified atom stereocenters. The highest BCUT2D eigenvalue weighted by Crippen LogP contribution is 2.47. The van der Waals surface area contributed by atoms with Crippen molar-refractivity contribution >= 4 is 5.96 Å². The van der Waals surface area contributed by atoms with Crippen LogP contribution in [0.15, 0.2) is 17.1 Å². The lowest BCUT2D eigenvalue weighted by atomic mass is 9.68. The van der Waals surface area contributed by atoms with Crippen molar-refractivity contribution in [1.29, 1.82) is 0 Å². The third kappa shape index (κ3) is 3.79. The second-order valence-corrected chi connectivity index (χ2v) is 8.50. The van der Waals surface area contributed by atoms with Crippen molar-refractivity contribution in [2.45, 2.75) is 38.6 Å². The van der Waals surface area contributed by atoms with Crippen LogP contribution in [0.25, 0.3) is 0 Å². The Bertz CT molecular complexity index is 729. The number of ether oxygens (including phenoxy) is 2. The highest BCUT2D eigenvalue weighted by Gasteiger charge is 2.43. The molecule has 28 heavy (non-hydrogen) atoms. The minimum Gasteiger partial charge on any atom is -0.493 e. The number of nitrogens with zero attached hydrogens (tertiary/aromatic N) is 3. The Kier molecular flexibility index (Phi) is 5.67. The van der Waals surface area contributed by atoms with Crippen molar-refractivity contribution < 1.29 is 9.47 Å². The zero-order valence-corrected chi connectivity index (χ0v) is 17.6. The lowest BCUT2D eigenvalue weighted by molar-refractivity contribution is 0.151. The van der Waals surface area contributed by atoms with E-state index in [4.69, 9.17) is 9.47 Å². The van der Waals surface area contributed by atoms with Crippen LogP contribution in [0, 0.1) is 5.41 Å². The maximum absolute atomic E-state index is 5.48. The molecule has 3 aliphatic rings. The average Bonchev–Trinajstić information content (AvgIpc) is 3.16. The fourth-order valence-corrected chi connectivity index (χ4v) is 4.99. The number of guanidine groups is 1. The lowest BCUT2D eigenvalue weighted by Gasteiger charge is -2.38. The van der Waals surface area contributed by atoms with E-state index in [0.717, 1.165) is 56.6 Å². The Morgan fingerprint density at radius 2 is 1.86 bits per heavy atom. The molecule has 154 valence electrons. The summed E-state index contributed by atoms with van der Waals surface area (Å²) in [5.41, 5.74) is 3.33. The summed E-state index contributed by atoms with van der Waals surface area (Å²) >= 11 is 0. The standard InChI is InChI=1S/C22H34N4O2/c1-23-21(26-11-8-22(16-26)6-4-7-22)24-9-12-25-10-5-17-13-19(27-2)20(28-3)14-18(17)15-25/h13-14H,4-12,15-16H2,1-3H3,(H,23,24). The van der Waals surface area contributed by atoms with Crippen LogP contribution in [0.1, 0.15) is 36.8 Å². The first kappa shape index (κ1) is 19.4. The van der Waals surface area contributed by atoms with Crippen LogP contribution >= 0.6 is 0 Å². The van der Waals surface area contributed by atoms with E-state index >= 15 is 0 Å². The summed E-state index contributed by atoms with van der Waals surface area (Å²) in [6.45, 7) is 6.33. The van der Waals surface area contributed by atoms with Crippen molar-refractivity contribution in [3.8, 4) is 11.5 Å². The molecule has 1 aromatic carbocycles. The van der Waals surface area contributed by atoms with Crippen LogP contribution in [0.5, 0.6) is 11.5 Å². The quantitative estimate of drug-likeness (QED) is 0.622. The minimum atomic E-state index is 0.605. The molecule has 1 saturated heterocycles. The van der Waals surface area contributed by atoms with Crippen molar-refractivity contribution in [3.63, 3.8) is 0 Å². The third-order valence-corrected chi connectivity index (χ3v) is 6.87. The smallest absolute Gasteiger partial charge is 0.193 e. The van der Waals surface area contributed by atoms with Gasteiger partial charge in [-0.1, -0.05) is 6.42 Å². The Morgan fingerprint density at radius 1 is 1.11 bits per heavy atom. The van der Waals surface area contributed by atoms with Crippen LogP contribution in [-0.4, -0.2) is 69.8 Å². The highest BCUT2D eigenvalue weighted by atomic mass is 16.5. The molecule has 4 rings (SSSR count). The van der Waals surface area contributed by atoms with E-state index in [1.807, 2.05) is 7.05 Å². The molecule has 2 aliphatic heterocycles. The van der Waals surface area contributed by atoms with Crippen LogP contribution in [0.3, 0.4) is 0 Å². The maximum Gasteiger partial charge on any atom is 0.193 e. The van der Waals surface area contributed by atoms with Crippen molar-refractivity contribution in [2.24, 2.45) is 10.4 Å². The van der Waals surface area contributed by atoms with Gasteiger partial charge in [0.1, 0.15) is 0 Å².